The van der Waals surface area contributed by atoms with Crippen molar-refractivity contribution in [3.05, 3.63) is 66.2 Å². The maximum atomic E-state index is 10.2. The van der Waals surface area contributed by atoms with Gasteiger partial charge in [0.25, 0.3) is 0 Å². The number of fused-ring (bicyclic) bond motifs is 1. The molecule has 0 saturated carbocycles. The summed E-state index contributed by atoms with van der Waals surface area (Å²) in [5.41, 5.74) is 1.49. The van der Waals surface area contributed by atoms with E-state index in [2.05, 4.69) is 5.32 Å². The van der Waals surface area contributed by atoms with Crippen LogP contribution in [0.1, 0.15) is 11.7 Å². The van der Waals surface area contributed by atoms with E-state index in [-0.39, 0.29) is 11.5 Å². The molecule has 0 bridgehead atoms. The average Bonchev–Trinajstić information content (AvgIpc) is 2.55. The first-order valence-electron chi connectivity index (χ1n) is 7.07. The third kappa shape index (κ3) is 2.82. The molecule has 0 radical (unpaired) electrons. The van der Waals surface area contributed by atoms with Crippen molar-refractivity contribution in [2.24, 2.45) is 0 Å². The van der Waals surface area contributed by atoms with Crippen molar-refractivity contribution >= 4 is 16.5 Å². The third-order valence-corrected chi connectivity index (χ3v) is 3.66. The van der Waals surface area contributed by atoms with Crippen LogP contribution >= 0.6 is 0 Å². The van der Waals surface area contributed by atoms with E-state index in [0.29, 0.717) is 12.1 Å². The lowest BCUT2D eigenvalue weighted by atomic mass is 10.1. The third-order valence-electron chi connectivity index (χ3n) is 3.66. The monoisotopic (exact) mass is 295 g/mol. The van der Waals surface area contributed by atoms with Gasteiger partial charge in [-0.25, -0.2) is 0 Å². The first kappa shape index (κ1) is 14.2. The minimum atomic E-state index is -0.787. The van der Waals surface area contributed by atoms with Gasteiger partial charge < -0.3 is 20.6 Å². The molecular weight excluding hydrogens is 278 g/mol. The van der Waals surface area contributed by atoms with Crippen LogP contribution in [0.25, 0.3) is 10.8 Å². The van der Waals surface area contributed by atoms with E-state index in [1.54, 1.807) is 6.07 Å². The van der Waals surface area contributed by atoms with Crippen molar-refractivity contribution in [2.75, 3.05) is 11.9 Å². The Kier molecular flexibility index (Phi) is 3.85. The highest BCUT2D eigenvalue weighted by Gasteiger charge is 2.10. The van der Waals surface area contributed by atoms with Gasteiger partial charge in [-0.2, -0.15) is 0 Å². The van der Waals surface area contributed by atoms with Crippen molar-refractivity contribution < 1.29 is 15.3 Å². The summed E-state index contributed by atoms with van der Waals surface area (Å²) in [7, 11) is 0. The van der Waals surface area contributed by atoms with Gasteiger partial charge in [-0.3, -0.25) is 0 Å². The van der Waals surface area contributed by atoms with E-state index in [0.717, 1.165) is 16.5 Å². The fourth-order valence-corrected chi connectivity index (χ4v) is 2.45. The Bertz CT molecular complexity index is 796. The van der Waals surface area contributed by atoms with Crippen LogP contribution in [0.5, 0.6) is 11.5 Å². The van der Waals surface area contributed by atoms with Crippen LogP contribution in [0.15, 0.2) is 60.7 Å². The molecule has 3 aromatic rings. The lowest BCUT2D eigenvalue weighted by molar-refractivity contribution is 0.191. The van der Waals surface area contributed by atoms with Gasteiger partial charge in [-0.05, 0) is 29.1 Å². The number of aliphatic hydroxyl groups excluding tert-OH is 1. The van der Waals surface area contributed by atoms with Gasteiger partial charge in [0.15, 0.2) is 11.5 Å². The molecule has 112 valence electrons. The first-order valence-corrected chi connectivity index (χ1v) is 7.07. The van der Waals surface area contributed by atoms with Gasteiger partial charge in [-0.15, -0.1) is 0 Å². The molecule has 0 aliphatic rings. The number of aromatic hydroxyl groups is 2. The van der Waals surface area contributed by atoms with Crippen LogP contribution in [0, 0.1) is 0 Å². The summed E-state index contributed by atoms with van der Waals surface area (Å²) in [6.07, 6.45) is -0.787. The molecule has 4 heteroatoms. The van der Waals surface area contributed by atoms with E-state index in [1.807, 2.05) is 42.5 Å². The molecule has 0 fully saturated rings. The number of phenols is 2. The van der Waals surface area contributed by atoms with Crippen LogP contribution in [0.2, 0.25) is 0 Å². The van der Waals surface area contributed by atoms with Crippen LogP contribution < -0.4 is 5.32 Å². The number of benzene rings is 3. The molecule has 22 heavy (non-hydrogen) atoms. The molecular formula is C18H17NO3. The van der Waals surface area contributed by atoms with E-state index in [9.17, 15) is 15.3 Å². The standard InChI is InChI=1S/C18H17NO3/c20-16-9-8-13(10-17(16)21)18(22)11-19-15-7-3-5-12-4-1-2-6-14(12)15/h1-10,18-22H,11H2. The summed E-state index contributed by atoms with van der Waals surface area (Å²) < 4.78 is 0. The molecule has 0 heterocycles. The molecule has 4 N–H and O–H groups in total. The zero-order valence-electron chi connectivity index (χ0n) is 11.9. The number of aliphatic hydroxyl groups is 1. The molecule has 3 rings (SSSR count). The molecule has 0 aliphatic heterocycles. The lowest BCUT2D eigenvalue weighted by Crippen LogP contribution is -2.12. The summed E-state index contributed by atoms with van der Waals surface area (Å²) in [5.74, 6) is -0.431. The second-order valence-electron chi connectivity index (χ2n) is 5.17. The second-order valence-corrected chi connectivity index (χ2v) is 5.17. The SMILES string of the molecule is Oc1ccc(C(O)CNc2cccc3ccccc23)cc1O. The normalized spacial score (nSPS) is 12.2. The number of phenolic OH excluding ortho intramolecular Hbond substituents is 2. The van der Waals surface area contributed by atoms with E-state index in [4.69, 9.17) is 0 Å². The largest absolute Gasteiger partial charge is 0.504 e. The number of hydrogen-bond acceptors (Lipinski definition) is 4. The maximum absolute atomic E-state index is 10.2. The fourth-order valence-electron chi connectivity index (χ4n) is 2.45. The molecule has 1 unspecified atom stereocenters. The highest BCUT2D eigenvalue weighted by Crippen LogP contribution is 2.28. The smallest absolute Gasteiger partial charge is 0.157 e. The molecule has 4 nitrogen and oxygen atoms in total. The van der Waals surface area contributed by atoms with Crippen molar-refractivity contribution in [3.8, 4) is 11.5 Å². The topological polar surface area (TPSA) is 72.7 Å². The van der Waals surface area contributed by atoms with Crippen LogP contribution in [0.4, 0.5) is 5.69 Å². The molecule has 0 saturated heterocycles. The Labute approximate surface area is 128 Å². The molecule has 0 spiro atoms. The Balaban J connectivity index is 1.77. The number of rotatable bonds is 4. The minimum Gasteiger partial charge on any atom is -0.504 e. The summed E-state index contributed by atoms with van der Waals surface area (Å²) in [6, 6.07) is 18.3. The van der Waals surface area contributed by atoms with Gasteiger partial charge in [0.2, 0.25) is 0 Å². The second kappa shape index (κ2) is 5.95. The van der Waals surface area contributed by atoms with Crippen LogP contribution in [0.3, 0.4) is 0 Å². The minimum absolute atomic E-state index is 0.196. The van der Waals surface area contributed by atoms with E-state index >= 15 is 0 Å². The van der Waals surface area contributed by atoms with Crippen molar-refractivity contribution in [2.45, 2.75) is 6.10 Å². The maximum Gasteiger partial charge on any atom is 0.157 e. The van der Waals surface area contributed by atoms with E-state index < -0.39 is 6.10 Å². The highest BCUT2D eigenvalue weighted by atomic mass is 16.3. The molecule has 0 amide bonds. The van der Waals surface area contributed by atoms with Gasteiger partial charge in [0, 0.05) is 17.6 Å². The number of hydrogen-bond donors (Lipinski definition) is 4. The Morgan fingerprint density at radius 2 is 1.64 bits per heavy atom. The van der Waals surface area contributed by atoms with Crippen molar-refractivity contribution in [3.63, 3.8) is 0 Å². The lowest BCUT2D eigenvalue weighted by Gasteiger charge is -2.15. The molecule has 1 atom stereocenters. The molecule has 0 aromatic heterocycles. The zero-order chi connectivity index (χ0) is 15.5. The Morgan fingerprint density at radius 1 is 0.864 bits per heavy atom. The molecule has 0 aliphatic carbocycles. The van der Waals surface area contributed by atoms with Crippen molar-refractivity contribution in [1.29, 1.82) is 0 Å². The zero-order valence-corrected chi connectivity index (χ0v) is 11.9. The van der Waals surface area contributed by atoms with Gasteiger partial charge >= 0.3 is 0 Å². The predicted molar refractivity (Wildman–Crippen MR) is 87.2 cm³/mol. The number of anilines is 1. The van der Waals surface area contributed by atoms with Crippen LogP contribution in [-0.4, -0.2) is 21.9 Å². The summed E-state index contributed by atoms with van der Waals surface area (Å²) in [4.78, 5) is 0. The Morgan fingerprint density at radius 3 is 2.45 bits per heavy atom. The van der Waals surface area contributed by atoms with Gasteiger partial charge in [-0.1, -0.05) is 42.5 Å². The van der Waals surface area contributed by atoms with Gasteiger partial charge in [0.1, 0.15) is 0 Å². The average molecular weight is 295 g/mol. The highest BCUT2D eigenvalue weighted by molar-refractivity contribution is 5.93. The fraction of sp³-hybridized carbons (Fsp3) is 0.111. The summed E-state index contributed by atoms with van der Waals surface area (Å²) >= 11 is 0. The van der Waals surface area contributed by atoms with Crippen LogP contribution in [-0.2, 0) is 0 Å². The van der Waals surface area contributed by atoms with Gasteiger partial charge in [0.05, 0.1) is 6.10 Å². The summed E-state index contributed by atoms with van der Waals surface area (Å²) in [5, 5.41) is 34.5. The number of nitrogens with one attached hydrogen (secondary N) is 1. The predicted octanol–water partition coefficient (Wildman–Crippen LogP) is 3.40. The van der Waals surface area contributed by atoms with Crippen molar-refractivity contribution in [1.82, 2.24) is 0 Å². The summed E-state index contributed by atoms with van der Waals surface area (Å²) in [6.45, 7) is 0.304. The molecule has 3 aromatic carbocycles. The Hall–Kier alpha value is -2.72. The first-order chi connectivity index (χ1) is 10.6. The van der Waals surface area contributed by atoms with E-state index in [1.165, 1.54) is 12.1 Å². The quantitative estimate of drug-likeness (QED) is 0.557.